The number of halogens is 4. The Hall–Kier alpha value is -1.59. The molecule has 6 heteroatoms. The van der Waals surface area contributed by atoms with Gasteiger partial charge in [0.25, 0.3) is 0 Å². The van der Waals surface area contributed by atoms with Crippen molar-refractivity contribution in [3.8, 4) is 0 Å². The van der Waals surface area contributed by atoms with Gasteiger partial charge in [0.2, 0.25) is 0 Å². The van der Waals surface area contributed by atoms with E-state index in [4.69, 9.17) is 4.74 Å². The van der Waals surface area contributed by atoms with Crippen molar-refractivity contribution in [3.05, 3.63) is 35.1 Å². The second kappa shape index (κ2) is 5.19. The lowest BCUT2D eigenvalue weighted by molar-refractivity contribution is -0.137. The molecule has 2 rings (SSSR count). The fraction of sp³-hybridized carbons (Fsp3) is 0.462. The van der Waals surface area contributed by atoms with Crippen molar-refractivity contribution >= 4 is 5.97 Å². The van der Waals surface area contributed by atoms with Crippen LogP contribution in [0.25, 0.3) is 0 Å². The third-order valence-electron chi connectivity index (χ3n) is 3.09. The van der Waals surface area contributed by atoms with E-state index < -0.39 is 29.1 Å². The third kappa shape index (κ3) is 3.24. The minimum atomic E-state index is -4.61. The first-order chi connectivity index (χ1) is 8.88. The number of rotatable bonds is 2. The highest BCUT2D eigenvalue weighted by atomic mass is 19.4. The second-order valence-corrected chi connectivity index (χ2v) is 4.50. The van der Waals surface area contributed by atoms with E-state index in [1.165, 1.54) is 0 Å². The average Bonchev–Trinajstić information content (AvgIpc) is 2.80. The maximum atomic E-state index is 13.4. The second-order valence-electron chi connectivity index (χ2n) is 4.50. The van der Waals surface area contributed by atoms with E-state index in [0.717, 1.165) is 12.8 Å². The van der Waals surface area contributed by atoms with Crippen molar-refractivity contribution in [1.82, 2.24) is 0 Å². The molecule has 19 heavy (non-hydrogen) atoms. The quantitative estimate of drug-likeness (QED) is 0.604. The van der Waals surface area contributed by atoms with Crippen LogP contribution in [0, 0.1) is 5.82 Å². The summed E-state index contributed by atoms with van der Waals surface area (Å²) in [6.07, 6.45) is -1.78. The van der Waals surface area contributed by atoms with Crippen molar-refractivity contribution in [1.29, 1.82) is 0 Å². The van der Waals surface area contributed by atoms with E-state index in [-0.39, 0.29) is 6.10 Å². The van der Waals surface area contributed by atoms with Gasteiger partial charge in [-0.05, 0) is 43.9 Å². The van der Waals surface area contributed by atoms with Crippen LogP contribution in [0.3, 0.4) is 0 Å². The molecular weight excluding hydrogens is 264 g/mol. The monoisotopic (exact) mass is 276 g/mol. The highest BCUT2D eigenvalue weighted by molar-refractivity contribution is 5.90. The Morgan fingerprint density at radius 1 is 1.21 bits per heavy atom. The van der Waals surface area contributed by atoms with Gasteiger partial charge in [0, 0.05) is 0 Å². The van der Waals surface area contributed by atoms with Gasteiger partial charge in [-0.3, -0.25) is 0 Å². The number of esters is 1. The van der Waals surface area contributed by atoms with Gasteiger partial charge in [0.15, 0.2) is 0 Å². The Kier molecular flexibility index (Phi) is 3.78. The minimum Gasteiger partial charge on any atom is -0.459 e. The van der Waals surface area contributed by atoms with E-state index >= 15 is 0 Å². The molecule has 0 N–H and O–H groups in total. The molecule has 104 valence electrons. The number of benzene rings is 1. The molecule has 0 atom stereocenters. The molecule has 1 fully saturated rings. The molecule has 0 heterocycles. The number of hydrogen-bond acceptors (Lipinski definition) is 2. The van der Waals surface area contributed by atoms with E-state index in [1.807, 2.05) is 0 Å². The van der Waals surface area contributed by atoms with Crippen LogP contribution in [0.5, 0.6) is 0 Å². The van der Waals surface area contributed by atoms with Crippen LogP contribution in [-0.2, 0) is 10.9 Å². The summed E-state index contributed by atoms with van der Waals surface area (Å²) in [6, 6.07) is 1.72. The first-order valence-corrected chi connectivity index (χ1v) is 5.95. The van der Waals surface area contributed by atoms with Gasteiger partial charge in [0.05, 0.1) is 11.1 Å². The third-order valence-corrected chi connectivity index (χ3v) is 3.09. The van der Waals surface area contributed by atoms with Crippen LogP contribution in [0.1, 0.15) is 41.6 Å². The van der Waals surface area contributed by atoms with Gasteiger partial charge in [-0.15, -0.1) is 0 Å². The zero-order valence-corrected chi connectivity index (χ0v) is 9.97. The SMILES string of the molecule is O=C(OC1CCCC1)c1cc(C(F)(F)F)ccc1F. The Balaban J connectivity index is 2.20. The molecule has 0 radical (unpaired) electrons. The first-order valence-electron chi connectivity index (χ1n) is 5.95. The van der Waals surface area contributed by atoms with E-state index in [2.05, 4.69) is 0 Å². The molecular formula is C13H12F4O2. The molecule has 0 unspecified atom stereocenters. The highest BCUT2D eigenvalue weighted by Gasteiger charge is 2.32. The minimum absolute atomic E-state index is 0.318. The summed E-state index contributed by atoms with van der Waals surface area (Å²) < 4.78 is 55.9. The number of ether oxygens (including phenoxy) is 1. The molecule has 0 amide bonds. The maximum absolute atomic E-state index is 13.4. The lowest BCUT2D eigenvalue weighted by Crippen LogP contribution is -2.17. The first kappa shape index (κ1) is 13.8. The molecule has 1 aliphatic carbocycles. The van der Waals surface area contributed by atoms with Crippen LogP contribution in [0.15, 0.2) is 18.2 Å². The van der Waals surface area contributed by atoms with Crippen molar-refractivity contribution in [2.24, 2.45) is 0 Å². The Labute approximate surface area is 107 Å². The molecule has 1 aliphatic rings. The van der Waals surface area contributed by atoms with Crippen molar-refractivity contribution in [2.45, 2.75) is 38.0 Å². The zero-order chi connectivity index (χ0) is 14.0. The van der Waals surface area contributed by atoms with Gasteiger partial charge >= 0.3 is 12.1 Å². The van der Waals surface area contributed by atoms with E-state index in [1.54, 1.807) is 0 Å². The van der Waals surface area contributed by atoms with Gasteiger partial charge in [-0.2, -0.15) is 13.2 Å². The maximum Gasteiger partial charge on any atom is 0.416 e. The van der Waals surface area contributed by atoms with Crippen LogP contribution >= 0.6 is 0 Å². The van der Waals surface area contributed by atoms with Gasteiger partial charge in [0.1, 0.15) is 11.9 Å². The molecule has 0 aromatic heterocycles. The molecule has 2 nitrogen and oxygen atoms in total. The highest BCUT2D eigenvalue weighted by Crippen LogP contribution is 2.31. The van der Waals surface area contributed by atoms with Gasteiger partial charge < -0.3 is 4.74 Å². The summed E-state index contributed by atoms with van der Waals surface area (Å²) in [5.74, 6) is -2.04. The van der Waals surface area contributed by atoms with Crippen molar-refractivity contribution < 1.29 is 27.1 Å². The van der Waals surface area contributed by atoms with Gasteiger partial charge in [-0.1, -0.05) is 0 Å². The molecule has 0 bridgehead atoms. The topological polar surface area (TPSA) is 26.3 Å². The van der Waals surface area contributed by atoms with E-state index in [0.29, 0.717) is 31.0 Å². The largest absolute Gasteiger partial charge is 0.459 e. The molecule has 1 saturated carbocycles. The van der Waals surface area contributed by atoms with Crippen molar-refractivity contribution in [2.75, 3.05) is 0 Å². The normalized spacial score (nSPS) is 16.6. The van der Waals surface area contributed by atoms with Crippen LogP contribution in [0.4, 0.5) is 17.6 Å². The number of carbonyl (C=O) groups excluding carboxylic acids is 1. The summed E-state index contributed by atoms with van der Waals surface area (Å²) in [5, 5.41) is 0. The lowest BCUT2D eigenvalue weighted by atomic mass is 10.1. The molecule has 1 aromatic carbocycles. The summed E-state index contributed by atoms with van der Waals surface area (Å²) in [7, 11) is 0. The van der Waals surface area contributed by atoms with Crippen molar-refractivity contribution in [3.63, 3.8) is 0 Å². The summed E-state index contributed by atoms with van der Waals surface area (Å²) in [6.45, 7) is 0. The predicted molar refractivity (Wildman–Crippen MR) is 59.1 cm³/mol. The zero-order valence-electron chi connectivity index (χ0n) is 9.97. The number of hydrogen-bond donors (Lipinski definition) is 0. The summed E-state index contributed by atoms with van der Waals surface area (Å²) in [5.41, 5.74) is -1.73. The summed E-state index contributed by atoms with van der Waals surface area (Å²) >= 11 is 0. The lowest BCUT2D eigenvalue weighted by Gasteiger charge is -2.13. The molecule has 1 aromatic rings. The molecule has 0 saturated heterocycles. The molecule has 0 spiro atoms. The van der Waals surface area contributed by atoms with Crippen LogP contribution in [0.2, 0.25) is 0 Å². The number of carbonyl (C=O) groups is 1. The standard InChI is InChI=1S/C13H12F4O2/c14-11-6-5-8(13(15,16)17)7-10(11)12(18)19-9-3-1-2-4-9/h5-7,9H,1-4H2. The average molecular weight is 276 g/mol. The smallest absolute Gasteiger partial charge is 0.416 e. The Morgan fingerprint density at radius 3 is 2.42 bits per heavy atom. The number of alkyl halides is 3. The fourth-order valence-corrected chi connectivity index (χ4v) is 2.08. The Morgan fingerprint density at radius 2 is 1.84 bits per heavy atom. The van der Waals surface area contributed by atoms with Crippen LogP contribution in [-0.4, -0.2) is 12.1 Å². The predicted octanol–water partition coefficient (Wildman–Crippen LogP) is 3.94. The van der Waals surface area contributed by atoms with Crippen LogP contribution < -0.4 is 0 Å². The van der Waals surface area contributed by atoms with Gasteiger partial charge in [-0.25, -0.2) is 9.18 Å². The summed E-state index contributed by atoms with van der Waals surface area (Å²) in [4.78, 5) is 11.7. The fourth-order valence-electron chi connectivity index (χ4n) is 2.08. The van der Waals surface area contributed by atoms with E-state index in [9.17, 15) is 22.4 Å². The Bertz CT molecular complexity index is 476. The molecule has 0 aliphatic heterocycles.